The zero-order valence-corrected chi connectivity index (χ0v) is 11.9. The van der Waals surface area contributed by atoms with Crippen molar-refractivity contribution in [3.05, 3.63) is 18.2 Å². The van der Waals surface area contributed by atoms with Crippen LogP contribution < -0.4 is 14.8 Å². The van der Waals surface area contributed by atoms with Gasteiger partial charge in [0.2, 0.25) is 0 Å². The molecule has 0 amide bonds. The Morgan fingerprint density at radius 2 is 1.74 bits per heavy atom. The first-order valence-electron chi connectivity index (χ1n) is 6.78. The molecule has 1 aromatic carbocycles. The van der Waals surface area contributed by atoms with Crippen molar-refractivity contribution in [3.8, 4) is 11.5 Å². The highest BCUT2D eigenvalue weighted by molar-refractivity contribution is 5.59. The molecule has 4 nitrogen and oxygen atoms in total. The molecule has 106 valence electrons. The molecule has 1 saturated carbocycles. The van der Waals surface area contributed by atoms with E-state index in [1.54, 1.807) is 21.3 Å². The van der Waals surface area contributed by atoms with E-state index in [-0.39, 0.29) is 0 Å². The molecule has 2 rings (SSSR count). The largest absolute Gasteiger partial charge is 0.497 e. The fraction of sp³-hybridized carbons (Fsp3) is 0.600. The van der Waals surface area contributed by atoms with E-state index < -0.39 is 0 Å². The van der Waals surface area contributed by atoms with Crippen LogP contribution in [0.2, 0.25) is 0 Å². The zero-order valence-electron chi connectivity index (χ0n) is 11.9. The third kappa shape index (κ3) is 3.53. The summed E-state index contributed by atoms with van der Waals surface area (Å²) in [4.78, 5) is 0. The molecule has 19 heavy (non-hydrogen) atoms. The second kappa shape index (κ2) is 6.66. The van der Waals surface area contributed by atoms with Crippen LogP contribution in [0.15, 0.2) is 18.2 Å². The van der Waals surface area contributed by atoms with Crippen molar-refractivity contribution in [1.29, 1.82) is 0 Å². The first kappa shape index (κ1) is 14.0. The molecule has 0 aromatic heterocycles. The lowest BCUT2D eigenvalue weighted by Gasteiger charge is -2.29. The van der Waals surface area contributed by atoms with Gasteiger partial charge in [0.15, 0.2) is 0 Å². The Labute approximate surface area is 115 Å². The van der Waals surface area contributed by atoms with Crippen LogP contribution >= 0.6 is 0 Å². The van der Waals surface area contributed by atoms with E-state index in [0.29, 0.717) is 12.1 Å². The highest BCUT2D eigenvalue weighted by Crippen LogP contribution is 2.32. The lowest BCUT2D eigenvalue weighted by atomic mass is 9.93. The third-order valence-electron chi connectivity index (χ3n) is 3.78. The van der Waals surface area contributed by atoms with Gasteiger partial charge in [-0.25, -0.2) is 0 Å². The quantitative estimate of drug-likeness (QED) is 0.888. The molecule has 0 saturated heterocycles. The van der Waals surface area contributed by atoms with Gasteiger partial charge < -0.3 is 19.5 Å². The summed E-state index contributed by atoms with van der Waals surface area (Å²) in [6.07, 6.45) is 4.93. The number of rotatable bonds is 5. The summed E-state index contributed by atoms with van der Waals surface area (Å²) < 4.78 is 16.0. The molecule has 1 aliphatic carbocycles. The number of nitrogens with one attached hydrogen (secondary N) is 1. The van der Waals surface area contributed by atoms with E-state index in [1.165, 1.54) is 0 Å². The van der Waals surface area contributed by atoms with Gasteiger partial charge in [-0.05, 0) is 37.8 Å². The number of anilines is 1. The standard InChI is InChI=1S/C15H23NO3/c1-17-12-6-4-11(5-7-12)16-14-9-8-13(18-2)10-15(14)19-3/h8-12,16H,4-7H2,1-3H3. The summed E-state index contributed by atoms with van der Waals surface area (Å²) in [6, 6.07) is 6.36. The van der Waals surface area contributed by atoms with Gasteiger partial charge in [-0.2, -0.15) is 0 Å². The molecular weight excluding hydrogens is 242 g/mol. The van der Waals surface area contributed by atoms with Crippen LogP contribution in [0.4, 0.5) is 5.69 Å². The smallest absolute Gasteiger partial charge is 0.145 e. The van der Waals surface area contributed by atoms with Crippen molar-refractivity contribution in [2.45, 2.75) is 37.8 Å². The predicted molar refractivity (Wildman–Crippen MR) is 76.2 cm³/mol. The molecule has 0 heterocycles. The Balaban J connectivity index is 1.99. The summed E-state index contributed by atoms with van der Waals surface area (Å²) in [7, 11) is 5.14. The number of benzene rings is 1. The Morgan fingerprint density at radius 3 is 2.32 bits per heavy atom. The van der Waals surface area contributed by atoms with Crippen LogP contribution in [0, 0.1) is 0 Å². The van der Waals surface area contributed by atoms with E-state index >= 15 is 0 Å². The van der Waals surface area contributed by atoms with Crippen LogP contribution in [-0.2, 0) is 4.74 Å². The van der Waals surface area contributed by atoms with E-state index in [9.17, 15) is 0 Å². The zero-order chi connectivity index (χ0) is 13.7. The van der Waals surface area contributed by atoms with Gasteiger partial charge in [0, 0.05) is 19.2 Å². The van der Waals surface area contributed by atoms with Gasteiger partial charge in [-0.15, -0.1) is 0 Å². The number of hydrogen-bond donors (Lipinski definition) is 1. The van der Waals surface area contributed by atoms with Crippen molar-refractivity contribution in [3.63, 3.8) is 0 Å². The predicted octanol–water partition coefficient (Wildman–Crippen LogP) is 3.07. The molecule has 0 radical (unpaired) electrons. The molecule has 0 aliphatic heterocycles. The van der Waals surface area contributed by atoms with Crippen LogP contribution in [0.5, 0.6) is 11.5 Å². The number of methoxy groups -OCH3 is 3. The lowest BCUT2D eigenvalue weighted by Crippen LogP contribution is -2.29. The number of hydrogen-bond acceptors (Lipinski definition) is 4. The Kier molecular flexibility index (Phi) is 4.91. The molecule has 1 aliphatic rings. The van der Waals surface area contributed by atoms with Gasteiger partial charge in [0.05, 0.1) is 26.0 Å². The first-order valence-corrected chi connectivity index (χ1v) is 6.78. The van der Waals surface area contributed by atoms with Gasteiger partial charge in [0.1, 0.15) is 11.5 Å². The van der Waals surface area contributed by atoms with Crippen molar-refractivity contribution < 1.29 is 14.2 Å². The van der Waals surface area contributed by atoms with E-state index in [4.69, 9.17) is 14.2 Å². The van der Waals surface area contributed by atoms with Gasteiger partial charge in [0.25, 0.3) is 0 Å². The summed E-state index contributed by atoms with van der Waals surface area (Å²) in [6.45, 7) is 0. The summed E-state index contributed by atoms with van der Waals surface area (Å²) in [5, 5.41) is 3.56. The van der Waals surface area contributed by atoms with Crippen molar-refractivity contribution in [1.82, 2.24) is 0 Å². The van der Waals surface area contributed by atoms with Crippen LogP contribution in [0.25, 0.3) is 0 Å². The molecule has 1 aromatic rings. The maximum Gasteiger partial charge on any atom is 0.145 e. The SMILES string of the molecule is COc1ccc(NC2CCC(OC)CC2)c(OC)c1. The average Bonchev–Trinajstić information content (AvgIpc) is 2.48. The molecular formula is C15H23NO3. The Hall–Kier alpha value is -1.42. The minimum atomic E-state index is 0.427. The van der Waals surface area contributed by atoms with Gasteiger partial charge >= 0.3 is 0 Å². The van der Waals surface area contributed by atoms with Gasteiger partial charge in [-0.1, -0.05) is 0 Å². The molecule has 0 bridgehead atoms. The van der Waals surface area contributed by atoms with Gasteiger partial charge in [-0.3, -0.25) is 0 Å². The summed E-state index contributed by atoms with van der Waals surface area (Å²) in [5.74, 6) is 1.64. The molecule has 1 fully saturated rings. The molecule has 0 spiro atoms. The van der Waals surface area contributed by atoms with Crippen LogP contribution in [0.3, 0.4) is 0 Å². The molecule has 0 atom stereocenters. The molecule has 0 unspecified atom stereocenters. The highest BCUT2D eigenvalue weighted by Gasteiger charge is 2.21. The Bertz CT molecular complexity index is 400. The summed E-state index contributed by atoms with van der Waals surface area (Å²) in [5.41, 5.74) is 1.03. The minimum absolute atomic E-state index is 0.427. The summed E-state index contributed by atoms with van der Waals surface area (Å²) >= 11 is 0. The first-order chi connectivity index (χ1) is 9.26. The normalized spacial score (nSPS) is 22.9. The monoisotopic (exact) mass is 265 g/mol. The lowest BCUT2D eigenvalue weighted by molar-refractivity contribution is 0.0681. The second-order valence-corrected chi connectivity index (χ2v) is 4.92. The average molecular weight is 265 g/mol. The van der Waals surface area contributed by atoms with E-state index in [1.807, 2.05) is 18.2 Å². The molecule has 1 N–H and O–H groups in total. The maximum absolute atomic E-state index is 5.40. The second-order valence-electron chi connectivity index (χ2n) is 4.92. The number of ether oxygens (including phenoxy) is 3. The van der Waals surface area contributed by atoms with E-state index in [2.05, 4.69) is 5.32 Å². The fourth-order valence-corrected chi connectivity index (χ4v) is 2.58. The Morgan fingerprint density at radius 1 is 1.00 bits per heavy atom. The van der Waals surface area contributed by atoms with Crippen LogP contribution in [-0.4, -0.2) is 33.5 Å². The third-order valence-corrected chi connectivity index (χ3v) is 3.78. The van der Waals surface area contributed by atoms with Crippen molar-refractivity contribution in [2.24, 2.45) is 0 Å². The fourth-order valence-electron chi connectivity index (χ4n) is 2.58. The maximum atomic E-state index is 5.40. The van der Waals surface area contributed by atoms with Crippen molar-refractivity contribution in [2.75, 3.05) is 26.6 Å². The van der Waals surface area contributed by atoms with Crippen LogP contribution in [0.1, 0.15) is 25.7 Å². The highest BCUT2D eigenvalue weighted by atomic mass is 16.5. The van der Waals surface area contributed by atoms with Crippen molar-refractivity contribution >= 4 is 5.69 Å². The molecule has 4 heteroatoms. The van der Waals surface area contributed by atoms with E-state index in [0.717, 1.165) is 42.9 Å². The minimum Gasteiger partial charge on any atom is -0.497 e. The topological polar surface area (TPSA) is 39.7 Å².